The van der Waals surface area contributed by atoms with E-state index in [9.17, 15) is 15.0 Å². The van der Waals surface area contributed by atoms with Gasteiger partial charge in [0.2, 0.25) is 0 Å². The molecular formula is C21H22O3. The van der Waals surface area contributed by atoms with E-state index in [-0.39, 0.29) is 5.78 Å². The summed E-state index contributed by atoms with van der Waals surface area (Å²) in [4.78, 5) is 12.6. The zero-order valence-corrected chi connectivity index (χ0v) is 13.7. The minimum atomic E-state index is -0.693. The zero-order chi connectivity index (χ0) is 16.8. The van der Waals surface area contributed by atoms with Crippen molar-refractivity contribution in [3.8, 4) is 0 Å². The van der Waals surface area contributed by atoms with Crippen molar-refractivity contribution in [1.29, 1.82) is 0 Å². The van der Waals surface area contributed by atoms with E-state index in [1.54, 1.807) is 24.3 Å². The molecule has 0 heterocycles. The van der Waals surface area contributed by atoms with E-state index in [4.69, 9.17) is 0 Å². The molecule has 2 aliphatic carbocycles. The maximum absolute atomic E-state index is 12.6. The predicted octanol–water partition coefficient (Wildman–Crippen LogP) is 3.66. The van der Waals surface area contributed by atoms with Crippen molar-refractivity contribution in [3.63, 3.8) is 0 Å². The summed E-state index contributed by atoms with van der Waals surface area (Å²) < 4.78 is 0. The lowest BCUT2D eigenvalue weighted by atomic mass is 9.74. The maximum Gasteiger partial charge on any atom is 0.193 e. The molecule has 0 amide bonds. The Kier molecular flexibility index (Phi) is 3.59. The van der Waals surface area contributed by atoms with Gasteiger partial charge in [0.05, 0.1) is 11.2 Å². The zero-order valence-electron chi connectivity index (χ0n) is 13.7. The van der Waals surface area contributed by atoms with Gasteiger partial charge in [-0.05, 0) is 49.7 Å². The second-order valence-corrected chi connectivity index (χ2v) is 7.25. The average molecular weight is 322 g/mol. The van der Waals surface area contributed by atoms with Gasteiger partial charge in [-0.25, -0.2) is 0 Å². The molecule has 2 saturated carbocycles. The number of hydrogen-bond acceptors (Lipinski definition) is 3. The van der Waals surface area contributed by atoms with E-state index in [2.05, 4.69) is 0 Å². The van der Waals surface area contributed by atoms with Crippen LogP contribution in [0.5, 0.6) is 0 Å². The summed E-state index contributed by atoms with van der Waals surface area (Å²) in [7, 11) is 0. The molecule has 0 aliphatic heterocycles. The van der Waals surface area contributed by atoms with Crippen molar-refractivity contribution < 1.29 is 15.0 Å². The van der Waals surface area contributed by atoms with Gasteiger partial charge in [-0.15, -0.1) is 0 Å². The molecule has 24 heavy (non-hydrogen) atoms. The van der Waals surface area contributed by atoms with Crippen molar-refractivity contribution in [2.45, 2.75) is 49.7 Å². The highest BCUT2D eigenvalue weighted by molar-refractivity contribution is 6.09. The number of benzene rings is 2. The van der Waals surface area contributed by atoms with Gasteiger partial charge >= 0.3 is 0 Å². The number of aliphatic hydroxyl groups is 2. The van der Waals surface area contributed by atoms with Crippen LogP contribution in [0.15, 0.2) is 48.5 Å². The molecule has 124 valence electrons. The minimum Gasteiger partial charge on any atom is -0.385 e. The molecule has 2 aliphatic rings. The summed E-state index contributed by atoms with van der Waals surface area (Å²) in [5.74, 6) is -0.0331. The Hall–Kier alpha value is -1.97. The van der Waals surface area contributed by atoms with E-state index >= 15 is 0 Å². The van der Waals surface area contributed by atoms with Crippen molar-refractivity contribution in [2.24, 2.45) is 0 Å². The molecule has 0 atom stereocenters. The molecule has 3 nitrogen and oxygen atoms in total. The van der Waals surface area contributed by atoms with Gasteiger partial charge in [0.25, 0.3) is 0 Å². The molecule has 0 aromatic heterocycles. The summed E-state index contributed by atoms with van der Waals surface area (Å²) in [6, 6.07) is 14.6. The molecule has 2 aromatic rings. The molecule has 0 bridgehead atoms. The lowest BCUT2D eigenvalue weighted by molar-refractivity contribution is -0.0391. The molecular weight excluding hydrogens is 300 g/mol. The fourth-order valence-corrected chi connectivity index (χ4v) is 3.63. The van der Waals surface area contributed by atoms with Crippen LogP contribution in [0.3, 0.4) is 0 Å². The first-order valence-electron chi connectivity index (χ1n) is 8.71. The van der Waals surface area contributed by atoms with Gasteiger partial charge in [-0.2, -0.15) is 0 Å². The average Bonchev–Trinajstić information content (AvgIpc) is 2.57. The predicted molar refractivity (Wildman–Crippen MR) is 91.8 cm³/mol. The summed E-state index contributed by atoms with van der Waals surface area (Å²) in [6.45, 7) is 0. The van der Waals surface area contributed by atoms with Crippen LogP contribution >= 0.6 is 0 Å². The van der Waals surface area contributed by atoms with E-state index in [1.165, 1.54) is 0 Å². The van der Waals surface area contributed by atoms with Gasteiger partial charge in [0, 0.05) is 11.1 Å². The van der Waals surface area contributed by atoms with Crippen LogP contribution in [0.4, 0.5) is 0 Å². The molecule has 0 radical (unpaired) electrons. The third kappa shape index (κ3) is 2.48. The lowest BCUT2D eigenvalue weighted by Gasteiger charge is -2.37. The van der Waals surface area contributed by atoms with Crippen LogP contribution in [0.1, 0.15) is 65.6 Å². The molecule has 2 fully saturated rings. The Balaban J connectivity index is 1.53. The normalized spacial score (nSPS) is 20.8. The van der Waals surface area contributed by atoms with E-state index in [1.807, 2.05) is 24.3 Å². The summed E-state index contributed by atoms with van der Waals surface area (Å²) in [6.07, 6.45) is 5.29. The summed E-state index contributed by atoms with van der Waals surface area (Å²) >= 11 is 0. The van der Waals surface area contributed by atoms with Crippen LogP contribution in [-0.4, -0.2) is 16.0 Å². The number of hydrogen-bond donors (Lipinski definition) is 2. The van der Waals surface area contributed by atoms with Crippen LogP contribution in [0.2, 0.25) is 0 Å². The highest BCUT2D eigenvalue weighted by Crippen LogP contribution is 2.42. The second-order valence-electron chi connectivity index (χ2n) is 7.25. The van der Waals surface area contributed by atoms with Crippen LogP contribution in [0.25, 0.3) is 0 Å². The number of carbonyl (C=O) groups is 1. The summed E-state index contributed by atoms with van der Waals surface area (Å²) in [5.41, 5.74) is 1.65. The first-order chi connectivity index (χ1) is 11.5. The highest BCUT2D eigenvalue weighted by Gasteiger charge is 2.37. The summed E-state index contributed by atoms with van der Waals surface area (Å²) in [5, 5.41) is 20.7. The van der Waals surface area contributed by atoms with E-state index in [0.717, 1.165) is 49.7 Å². The number of carbonyl (C=O) groups excluding carboxylic acids is 1. The first kappa shape index (κ1) is 15.6. The molecule has 3 heteroatoms. The van der Waals surface area contributed by atoms with Gasteiger partial charge in [0.15, 0.2) is 5.78 Å². The van der Waals surface area contributed by atoms with E-state index in [0.29, 0.717) is 11.1 Å². The Labute approximate surface area is 142 Å². The van der Waals surface area contributed by atoms with Crippen molar-refractivity contribution in [3.05, 3.63) is 70.8 Å². The lowest BCUT2D eigenvalue weighted by Crippen LogP contribution is -2.33. The highest BCUT2D eigenvalue weighted by atomic mass is 16.3. The molecule has 2 N–H and O–H groups in total. The topological polar surface area (TPSA) is 57.5 Å². The Morgan fingerprint density at radius 1 is 0.667 bits per heavy atom. The Bertz CT molecular complexity index is 685. The fourth-order valence-electron chi connectivity index (χ4n) is 3.63. The molecule has 4 rings (SSSR count). The SMILES string of the molecule is O=C(c1ccc(C2(O)CCC2)cc1)c1ccc(C2(O)CCC2)cc1. The fraction of sp³-hybridized carbons (Fsp3) is 0.381. The first-order valence-corrected chi connectivity index (χ1v) is 8.71. The Morgan fingerprint density at radius 3 is 1.25 bits per heavy atom. The van der Waals surface area contributed by atoms with E-state index < -0.39 is 11.2 Å². The standard InChI is InChI=1S/C21H22O3/c22-19(15-3-7-17(8-4-15)20(23)11-1-12-20)16-5-9-18(10-6-16)21(24)13-2-14-21/h3-10,23-24H,1-2,11-14H2. The third-order valence-electron chi connectivity index (χ3n) is 5.73. The molecule has 0 spiro atoms. The van der Waals surface area contributed by atoms with Crippen LogP contribution in [0, 0.1) is 0 Å². The van der Waals surface area contributed by atoms with Crippen molar-refractivity contribution >= 4 is 5.78 Å². The molecule has 2 aromatic carbocycles. The second kappa shape index (κ2) is 5.54. The maximum atomic E-state index is 12.6. The quantitative estimate of drug-likeness (QED) is 0.845. The van der Waals surface area contributed by atoms with Gasteiger partial charge in [-0.3, -0.25) is 4.79 Å². The van der Waals surface area contributed by atoms with Gasteiger partial charge in [0.1, 0.15) is 0 Å². The number of ketones is 1. The minimum absolute atomic E-state index is 0.0331. The third-order valence-corrected chi connectivity index (χ3v) is 5.73. The molecule has 0 unspecified atom stereocenters. The van der Waals surface area contributed by atoms with Crippen LogP contribution in [-0.2, 0) is 11.2 Å². The number of rotatable bonds is 4. The van der Waals surface area contributed by atoms with Gasteiger partial charge < -0.3 is 10.2 Å². The van der Waals surface area contributed by atoms with Gasteiger partial charge in [-0.1, -0.05) is 48.5 Å². The monoisotopic (exact) mass is 322 g/mol. The van der Waals surface area contributed by atoms with Crippen LogP contribution < -0.4 is 0 Å². The van der Waals surface area contributed by atoms with Crippen molar-refractivity contribution in [2.75, 3.05) is 0 Å². The van der Waals surface area contributed by atoms with Crippen molar-refractivity contribution in [1.82, 2.24) is 0 Å². The smallest absolute Gasteiger partial charge is 0.193 e. The molecule has 0 saturated heterocycles. The largest absolute Gasteiger partial charge is 0.385 e. The Morgan fingerprint density at radius 2 is 1.00 bits per heavy atom.